The first kappa shape index (κ1) is 10.4. The number of thiophene rings is 1. The molecule has 0 saturated carbocycles. The van der Waals surface area contributed by atoms with Crippen molar-refractivity contribution in [3.8, 4) is 0 Å². The zero-order valence-corrected chi connectivity index (χ0v) is 8.75. The van der Waals surface area contributed by atoms with Crippen molar-refractivity contribution in [3.05, 3.63) is 28.6 Å². The predicted molar refractivity (Wildman–Crippen MR) is 60.2 cm³/mol. The number of hydrogen-bond acceptors (Lipinski definition) is 4. The number of carbonyl (C=O) groups is 2. The van der Waals surface area contributed by atoms with Gasteiger partial charge in [0.15, 0.2) is 0 Å². The summed E-state index contributed by atoms with van der Waals surface area (Å²) < 4.78 is 0.667. The van der Waals surface area contributed by atoms with Gasteiger partial charge in [0.1, 0.15) is 4.88 Å². The van der Waals surface area contributed by atoms with Crippen LogP contribution in [-0.4, -0.2) is 22.2 Å². The second-order valence-electron chi connectivity index (χ2n) is 3.17. The zero-order valence-electron chi connectivity index (χ0n) is 7.93. The van der Waals surface area contributed by atoms with Crippen molar-refractivity contribution in [2.24, 2.45) is 0 Å². The van der Waals surface area contributed by atoms with Gasteiger partial charge in [-0.1, -0.05) is 0 Å². The van der Waals surface area contributed by atoms with Crippen LogP contribution in [0.4, 0.5) is 5.69 Å². The lowest BCUT2D eigenvalue weighted by molar-refractivity contribution is 0.0689. The van der Waals surface area contributed by atoms with Gasteiger partial charge in [0.05, 0.1) is 11.3 Å². The summed E-state index contributed by atoms with van der Waals surface area (Å²) in [5.74, 6) is -2.17. The average molecular weight is 237 g/mol. The van der Waals surface area contributed by atoms with Gasteiger partial charge in [-0.3, -0.25) is 0 Å². The van der Waals surface area contributed by atoms with Gasteiger partial charge in [0.2, 0.25) is 0 Å². The molecule has 2 aromatic rings. The predicted octanol–water partition coefficient (Wildman–Crippen LogP) is 1.88. The third kappa shape index (κ3) is 1.49. The Hall–Kier alpha value is -2.08. The molecule has 0 spiro atoms. The van der Waals surface area contributed by atoms with Crippen LogP contribution in [0.15, 0.2) is 18.2 Å². The molecular weight excluding hydrogens is 230 g/mol. The first-order valence-corrected chi connectivity index (χ1v) is 5.11. The summed E-state index contributed by atoms with van der Waals surface area (Å²) in [6, 6.07) is 4.37. The maximum Gasteiger partial charge on any atom is 0.348 e. The number of rotatable bonds is 2. The number of carboxylic acid groups (broad SMARTS) is 2. The van der Waals surface area contributed by atoms with E-state index in [9.17, 15) is 9.59 Å². The summed E-state index contributed by atoms with van der Waals surface area (Å²) in [7, 11) is 0. The van der Waals surface area contributed by atoms with Gasteiger partial charge >= 0.3 is 11.9 Å². The summed E-state index contributed by atoms with van der Waals surface area (Å²) in [4.78, 5) is 21.6. The minimum atomic E-state index is -1.10. The number of anilines is 1. The molecule has 1 heterocycles. The van der Waals surface area contributed by atoms with Crippen LogP contribution in [0.3, 0.4) is 0 Å². The fraction of sp³-hybridized carbons (Fsp3) is 0. The Morgan fingerprint density at radius 2 is 1.88 bits per heavy atom. The minimum Gasteiger partial charge on any atom is -0.478 e. The molecule has 0 aliphatic rings. The first-order chi connectivity index (χ1) is 7.50. The molecule has 2 rings (SSSR count). The van der Waals surface area contributed by atoms with Gasteiger partial charge in [0, 0.05) is 10.1 Å². The normalized spacial score (nSPS) is 10.5. The zero-order chi connectivity index (χ0) is 11.9. The molecule has 6 heteroatoms. The van der Waals surface area contributed by atoms with Gasteiger partial charge in [-0.2, -0.15) is 0 Å². The van der Waals surface area contributed by atoms with E-state index in [-0.39, 0.29) is 16.1 Å². The fourth-order valence-corrected chi connectivity index (χ4v) is 2.35. The molecule has 0 atom stereocenters. The van der Waals surface area contributed by atoms with Crippen LogP contribution in [0.5, 0.6) is 0 Å². The van der Waals surface area contributed by atoms with Gasteiger partial charge in [0.25, 0.3) is 0 Å². The lowest BCUT2D eigenvalue weighted by atomic mass is 10.1. The Balaban J connectivity index is 2.73. The van der Waals surface area contributed by atoms with Crippen LogP contribution in [0.1, 0.15) is 20.0 Å². The number of nitrogens with two attached hydrogens (primary N) is 1. The van der Waals surface area contributed by atoms with Gasteiger partial charge < -0.3 is 15.9 Å². The van der Waals surface area contributed by atoms with Crippen molar-refractivity contribution in [1.82, 2.24) is 0 Å². The highest BCUT2D eigenvalue weighted by Crippen LogP contribution is 2.34. The quantitative estimate of drug-likeness (QED) is 0.740. The van der Waals surface area contributed by atoms with E-state index in [0.717, 1.165) is 11.3 Å². The number of benzene rings is 1. The molecule has 0 amide bonds. The number of hydrogen-bond donors (Lipinski definition) is 3. The van der Waals surface area contributed by atoms with Crippen molar-refractivity contribution in [1.29, 1.82) is 0 Å². The Bertz CT molecular complexity index is 602. The largest absolute Gasteiger partial charge is 0.478 e. The van der Waals surface area contributed by atoms with Crippen molar-refractivity contribution in [2.75, 3.05) is 5.73 Å². The van der Waals surface area contributed by atoms with Crippen molar-refractivity contribution in [3.63, 3.8) is 0 Å². The van der Waals surface area contributed by atoms with E-state index in [0.29, 0.717) is 10.1 Å². The van der Waals surface area contributed by atoms with E-state index >= 15 is 0 Å². The second kappa shape index (κ2) is 3.49. The minimum absolute atomic E-state index is 0.0394. The fourth-order valence-electron chi connectivity index (χ4n) is 1.41. The Labute approximate surface area is 93.7 Å². The SMILES string of the molecule is Nc1c(C(=O)O)sc2ccc(C(=O)O)cc12. The lowest BCUT2D eigenvalue weighted by Gasteiger charge is -1.95. The highest BCUT2D eigenvalue weighted by atomic mass is 32.1. The van der Waals surface area contributed by atoms with Gasteiger partial charge in [-0.05, 0) is 18.2 Å². The first-order valence-electron chi connectivity index (χ1n) is 4.29. The van der Waals surface area contributed by atoms with Crippen LogP contribution < -0.4 is 5.73 Å². The standard InChI is InChI=1S/C10H7NO4S/c11-7-5-3-4(9(12)13)1-2-6(5)16-8(7)10(14)15/h1-3H,11H2,(H,12,13)(H,14,15). The number of fused-ring (bicyclic) bond motifs is 1. The second-order valence-corrected chi connectivity index (χ2v) is 4.22. The lowest BCUT2D eigenvalue weighted by Crippen LogP contribution is -1.98. The smallest absolute Gasteiger partial charge is 0.348 e. The molecule has 4 N–H and O–H groups in total. The van der Waals surface area contributed by atoms with Crippen molar-refractivity contribution >= 4 is 39.0 Å². The van der Waals surface area contributed by atoms with Crippen LogP contribution in [0.2, 0.25) is 0 Å². The van der Waals surface area contributed by atoms with E-state index < -0.39 is 11.9 Å². The van der Waals surface area contributed by atoms with E-state index in [2.05, 4.69) is 0 Å². The summed E-state index contributed by atoms with van der Waals surface area (Å²) in [5, 5.41) is 18.1. The molecule has 0 bridgehead atoms. The molecule has 0 radical (unpaired) electrons. The van der Waals surface area contributed by atoms with Crippen LogP contribution in [-0.2, 0) is 0 Å². The third-order valence-electron chi connectivity index (χ3n) is 2.17. The number of aromatic carboxylic acids is 2. The summed E-state index contributed by atoms with van der Waals surface area (Å²) in [6.45, 7) is 0. The molecule has 0 unspecified atom stereocenters. The van der Waals surface area contributed by atoms with Crippen LogP contribution >= 0.6 is 11.3 Å². The van der Waals surface area contributed by atoms with E-state index in [4.69, 9.17) is 15.9 Å². The molecule has 0 aliphatic heterocycles. The van der Waals surface area contributed by atoms with Crippen LogP contribution in [0.25, 0.3) is 10.1 Å². The number of carboxylic acids is 2. The Morgan fingerprint density at radius 3 is 2.44 bits per heavy atom. The molecule has 16 heavy (non-hydrogen) atoms. The molecule has 82 valence electrons. The molecule has 0 saturated heterocycles. The Kier molecular flexibility index (Phi) is 2.28. The average Bonchev–Trinajstić information content (AvgIpc) is 2.56. The molecule has 0 aliphatic carbocycles. The molecule has 1 aromatic heterocycles. The van der Waals surface area contributed by atoms with E-state index in [1.54, 1.807) is 6.07 Å². The number of nitrogen functional groups attached to an aromatic ring is 1. The molecular formula is C10H7NO4S. The Morgan fingerprint density at radius 1 is 1.19 bits per heavy atom. The van der Waals surface area contributed by atoms with Crippen molar-refractivity contribution < 1.29 is 19.8 Å². The highest BCUT2D eigenvalue weighted by molar-refractivity contribution is 7.21. The van der Waals surface area contributed by atoms with Crippen LogP contribution in [0, 0.1) is 0 Å². The third-order valence-corrected chi connectivity index (χ3v) is 3.34. The maximum absolute atomic E-state index is 10.8. The van der Waals surface area contributed by atoms with E-state index in [1.807, 2.05) is 0 Å². The van der Waals surface area contributed by atoms with Gasteiger partial charge in [-0.25, -0.2) is 9.59 Å². The summed E-state index contributed by atoms with van der Waals surface area (Å²) in [5.41, 5.74) is 5.86. The van der Waals surface area contributed by atoms with Crippen molar-refractivity contribution in [2.45, 2.75) is 0 Å². The highest BCUT2D eigenvalue weighted by Gasteiger charge is 2.16. The molecule has 0 fully saturated rings. The molecule has 1 aromatic carbocycles. The van der Waals surface area contributed by atoms with E-state index in [1.165, 1.54) is 12.1 Å². The monoisotopic (exact) mass is 237 g/mol. The summed E-state index contributed by atoms with van der Waals surface area (Å²) >= 11 is 1.03. The summed E-state index contributed by atoms with van der Waals surface area (Å²) in [6.07, 6.45) is 0. The topological polar surface area (TPSA) is 101 Å². The molecule has 5 nitrogen and oxygen atoms in total. The van der Waals surface area contributed by atoms with Gasteiger partial charge in [-0.15, -0.1) is 11.3 Å². The maximum atomic E-state index is 10.8.